The lowest BCUT2D eigenvalue weighted by atomic mass is 9.92. The van der Waals surface area contributed by atoms with Crippen molar-refractivity contribution in [2.45, 2.75) is 116 Å². The molecule has 5 rings (SSSR count). The molecule has 0 spiro atoms. The van der Waals surface area contributed by atoms with Crippen LogP contribution in [0.4, 0.5) is 14.4 Å². The maximum atomic E-state index is 14.3. The number of nitrogens with zero attached hydrogens (tertiary/aromatic N) is 2. The van der Waals surface area contributed by atoms with E-state index in [9.17, 15) is 24.0 Å². The van der Waals surface area contributed by atoms with E-state index in [-0.39, 0.29) is 24.3 Å². The average molecular weight is 765 g/mol. The lowest BCUT2D eigenvalue weighted by Crippen LogP contribution is -2.66. The highest BCUT2D eigenvalue weighted by Gasteiger charge is 2.47. The highest BCUT2D eigenvalue weighted by atomic mass is 16.6. The standard InChI is InChI=1S/C44H52N4O8/c1-42(2,3)55-39(51)46-44(7,8)36(38(50)48-35(28-54-41(48)53)26-31-12-10-9-11-13-31)45-37(49)33-22-20-30(21-23-33)15-14-29-16-18-32(19-17-29)27-47(34-24-25-34)40(52)56-43(4,5)6/h9-13,16-23,34-36H,24-28H2,1-8H3,(H,45,49)(H,46,51). The largest absolute Gasteiger partial charge is 0.447 e. The number of alkyl carbamates (subject to hydrolysis) is 1. The van der Waals surface area contributed by atoms with Gasteiger partial charge in [-0.2, -0.15) is 0 Å². The lowest BCUT2D eigenvalue weighted by molar-refractivity contribution is -0.132. The predicted molar refractivity (Wildman–Crippen MR) is 210 cm³/mol. The normalized spacial score (nSPS) is 16.1. The van der Waals surface area contributed by atoms with E-state index in [1.54, 1.807) is 63.8 Å². The van der Waals surface area contributed by atoms with E-state index in [0.29, 0.717) is 18.5 Å². The molecule has 3 aromatic rings. The molecule has 1 saturated heterocycles. The van der Waals surface area contributed by atoms with Gasteiger partial charge < -0.3 is 29.7 Å². The zero-order valence-corrected chi connectivity index (χ0v) is 33.4. The Balaban J connectivity index is 1.29. The van der Waals surface area contributed by atoms with E-state index < -0.39 is 52.8 Å². The molecule has 12 nitrogen and oxygen atoms in total. The van der Waals surface area contributed by atoms with Gasteiger partial charge in [-0.25, -0.2) is 19.3 Å². The van der Waals surface area contributed by atoms with Gasteiger partial charge >= 0.3 is 18.3 Å². The number of cyclic esters (lactones) is 1. The molecule has 1 heterocycles. The first-order valence-electron chi connectivity index (χ1n) is 18.8. The summed E-state index contributed by atoms with van der Waals surface area (Å²) >= 11 is 0. The van der Waals surface area contributed by atoms with Crippen molar-refractivity contribution < 1.29 is 38.2 Å². The summed E-state index contributed by atoms with van der Waals surface area (Å²) in [4.78, 5) is 69.5. The number of carbonyl (C=O) groups is 5. The first kappa shape index (κ1) is 41.3. The van der Waals surface area contributed by atoms with Crippen LogP contribution in [0.3, 0.4) is 0 Å². The summed E-state index contributed by atoms with van der Waals surface area (Å²) < 4.78 is 16.4. The van der Waals surface area contributed by atoms with Crippen molar-refractivity contribution in [1.29, 1.82) is 0 Å². The zero-order chi connectivity index (χ0) is 40.8. The van der Waals surface area contributed by atoms with Gasteiger partial charge in [0.25, 0.3) is 11.8 Å². The van der Waals surface area contributed by atoms with Crippen LogP contribution in [0.15, 0.2) is 78.9 Å². The number of rotatable bonds is 10. The Morgan fingerprint density at radius 2 is 1.38 bits per heavy atom. The molecule has 2 atom stereocenters. The summed E-state index contributed by atoms with van der Waals surface area (Å²) in [5.41, 5.74) is 0.730. The van der Waals surface area contributed by atoms with Crippen molar-refractivity contribution in [1.82, 2.24) is 20.4 Å². The van der Waals surface area contributed by atoms with Gasteiger partial charge in [0.1, 0.15) is 23.9 Å². The van der Waals surface area contributed by atoms with Gasteiger partial charge in [-0.05, 0) is 122 Å². The minimum absolute atomic E-state index is 0.0141. The Kier molecular flexibility index (Phi) is 12.5. The molecule has 2 N–H and O–H groups in total. The molecule has 1 aliphatic carbocycles. The van der Waals surface area contributed by atoms with Crippen molar-refractivity contribution in [3.8, 4) is 11.8 Å². The van der Waals surface area contributed by atoms with Crippen LogP contribution in [0.5, 0.6) is 0 Å². The van der Waals surface area contributed by atoms with Crippen LogP contribution >= 0.6 is 0 Å². The Morgan fingerprint density at radius 3 is 1.93 bits per heavy atom. The van der Waals surface area contributed by atoms with Crippen LogP contribution in [0.1, 0.15) is 101 Å². The van der Waals surface area contributed by atoms with Crippen LogP contribution < -0.4 is 10.6 Å². The highest BCUT2D eigenvalue weighted by molar-refractivity contribution is 6.02. The molecule has 2 unspecified atom stereocenters. The van der Waals surface area contributed by atoms with Crippen LogP contribution in [0, 0.1) is 11.8 Å². The van der Waals surface area contributed by atoms with Crippen LogP contribution in [-0.2, 0) is 32.0 Å². The molecular formula is C44H52N4O8. The molecule has 2 fully saturated rings. The molecule has 0 bridgehead atoms. The predicted octanol–water partition coefficient (Wildman–Crippen LogP) is 6.98. The van der Waals surface area contributed by atoms with Gasteiger partial charge in [-0.1, -0.05) is 54.3 Å². The van der Waals surface area contributed by atoms with Crippen LogP contribution in [0.2, 0.25) is 0 Å². The molecule has 12 heteroatoms. The first-order valence-corrected chi connectivity index (χ1v) is 18.8. The summed E-state index contributed by atoms with van der Waals surface area (Å²) in [6.45, 7) is 14.3. The maximum Gasteiger partial charge on any atom is 0.417 e. The highest BCUT2D eigenvalue weighted by Crippen LogP contribution is 2.30. The molecule has 56 heavy (non-hydrogen) atoms. The van der Waals surface area contributed by atoms with E-state index >= 15 is 0 Å². The van der Waals surface area contributed by atoms with E-state index in [4.69, 9.17) is 14.2 Å². The van der Waals surface area contributed by atoms with Crippen molar-refractivity contribution in [3.63, 3.8) is 0 Å². The van der Waals surface area contributed by atoms with Crippen molar-refractivity contribution in [2.75, 3.05) is 6.61 Å². The van der Waals surface area contributed by atoms with Gasteiger partial charge in [-0.15, -0.1) is 0 Å². The fourth-order valence-electron chi connectivity index (χ4n) is 6.10. The third-order valence-corrected chi connectivity index (χ3v) is 9.00. The van der Waals surface area contributed by atoms with Crippen molar-refractivity contribution in [2.24, 2.45) is 0 Å². The minimum Gasteiger partial charge on any atom is -0.447 e. The molecule has 1 saturated carbocycles. The molecule has 5 amide bonds. The summed E-state index contributed by atoms with van der Waals surface area (Å²) in [7, 11) is 0. The number of imide groups is 1. The van der Waals surface area contributed by atoms with Gasteiger partial charge in [0.15, 0.2) is 0 Å². The SMILES string of the molecule is CC(C)(C)OC(=O)NC(C)(C)C(NC(=O)c1ccc(C#Cc2ccc(CN(C(=O)OC(C)(C)C)C3CC3)cc2)cc1)C(=O)N1C(=O)OCC1Cc1ccccc1. The number of amides is 5. The van der Waals surface area contributed by atoms with Gasteiger partial charge in [0, 0.05) is 29.3 Å². The topological polar surface area (TPSA) is 144 Å². The number of hydrogen-bond donors (Lipinski definition) is 2. The van der Waals surface area contributed by atoms with E-state index in [2.05, 4.69) is 22.5 Å². The second kappa shape index (κ2) is 16.9. The minimum atomic E-state index is -1.41. The third kappa shape index (κ3) is 11.6. The quantitative estimate of drug-likeness (QED) is 0.166. The number of hydrogen-bond acceptors (Lipinski definition) is 8. The smallest absolute Gasteiger partial charge is 0.417 e. The number of ether oxygens (including phenoxy) is 3. The third-order valence-electron chi connectivity index (χ3n) is 9.00. The Bertz CT molecular complexity index is 1970. The molecule has 0 aromatic heterocycles. The summed E-state index contributed by atoms with van der Waals surface area (Å²) in [5.74, 6) is 4.91. The summed E-state index contributed by atoms with van der Waals surface area (Å²) in [5, 5.41) is 5.48. The molecule has 0 radical (unpaired) electrons. The van der Waals surface area contributed by atoms with Crippen molar-refractivity contribution in [3.05, 3.63) is 107 Å². The molecule has 296 valence electrons. The molecule has 2 aliphatic rings. The molecular weight excluding hydrogens is 713 g/mol. The lowest BCUT2D eigenvalue weighted by Gasteiger charge is -2.37. The first-order chi connectivity index (χ1) is 26.3. The zero-order valence-electron chi connectivity index (χ0n) is 33.4. The van der Waals surface area contributed by atoms with Crippen LogP contribution in [-0.4, -0.2) is 81.4 Å². The second-order valence-corrected chi connectivity index (χ2v) is 16.7. The Hall–Kier alpha value is -5.83. The van der Waals surface area contributed by atoms with E-state index in [1.807, 2.05) is 75.4 Å². The number of nitrogens with one attached hydrogen (secondary N) is 2. The maximum absolute atomic E-state index is 14.3. The van der Waals surface area contributed by atoms with Crippen molar-refractivity contribution >= 4 is 30.1 Å². The molecule has 1 aliphatic heterocycles. The van der Waals surface area contributed by atoms with Crippen LogP contribution in [0.25, 0.3) is 0 Å². The number of benzene rings is 3. The van der Waals surface area contributed by atoms with Gasteiger partial charge in [0.05, 0.1) is 11.6 Å². The Morgan fingerprint density at radius 1 is 0.804 bits per heavy atom. The Labute approximate surface area is 329 Å². The van der Waals surface area contributed by atoms with E-state index in [0.717, 1.165) is 34.4 Å². The van der Waals surface area contributed by atoms with Gasteiger partial charge in [0.2, 0.25) is 0 Å². The summed E-state index contributed by atoms with van der Waals surface area (Å²) in [6, 6.07) is 21.8. The summed E-state index contributed by atoms with van der Waals surface area (Å²) in [6.07, 6.45) is 0.345. The van der Waals surface area contributed by atoms with E-state index in [1.165, 1.54) is 0 Å². The average Bonchev–Trinajstić information content (AvgIpc) is 3.89. The van der Waals surface area contributed by atoms with Gasteiger partial charge in [-0.3, -0.25) is 9.59 Å². The fraction of sp³-hybridized carbons (Fsp3) is 0.432. The fourth-order valence-corrected chi connectivity index (χ4v) is 6.10. The number of carbonyl (C=O) groups excluding carboxylic acids is 5. The second-order valence-electron chi connectivity index (χ2n) is 16.7. The molecule has 3 aromatic carbocycles. The monoisotopic (exact) mass is 764 g/mol.